The summed E-state index contributed by atoms with van der Waals surface area (Å²) in [6, 6.07) is 7.82. The van der Waals surface area contributed by atoms with Gasteiger partial charge in [0.15, 0.2) is 0 Å². The van der Waals surface area contributed by atoms with Gasteiger partial charge in [0.1, 0.15) is 4.90 Å². The highest BCUT2D eigenvalue weighted by molar-refractivity contribution is 7.89. The van der Waals surface area contributed by atoms with Crippen LogP contribution in [0.3, 0.4) is 0 Å². The molecule has 1 aromatic carbocycles. The molecule has 2 atom stereocenters. The fourth-order valence-electron chi connectivity index (χ4n) is 2.80. The maximum Gasteiger partial charge on any atom is 0.242 e. The van der Waals surface area contributed by atoms with E-state index in [1.807, 2.05) is 12.1 Å². The fourth-order valence-corrected chi connectivity index (χ4v) is 4.01. The number of sulfonamides is 1. The van der Waals surface area contributed by atoms with Crippen molar-refractivity contribution in [1.29, 1.82) is 0 Å². The molecule has 0 aliphatic carbocycles. The molecule has 0 amide bonds. The van der Waals surface area contributed by atoms with Crippen LogP contribution in [0.4, 0.5) is 5.69 Å². The van der Waals surface area contributed by atoms with E-state index in [0.29, 0.717) is 23.2 Å². The van der Waals surface area contributed by atoms with Crippen molar-refractivity contribution in [1.82, 2.24) is 10.0 Å². The first-order chi connectivity index (χ1) is 10.0. The molecule has 2 unspecified atom stereocenters. The largest absolute Gasteiger partial charge is 0.381 e. The van der Waals surface area contributed by atoms with Crippen LogP contribution in [0.15, 0.2) is 29.2 Å². The number of benzene rings is 1. The topological polar surface area (TPSA) is 70.2 Å². The standard InChI is InChI=1S/C15H25N3O2S/c1-3-17-21(19,20)15-9-5-4-8-14(15)18-12(2)11-13-7-6-10-16-13/h4-5,8-9,12-13,16-18H,3,6-7,10-11H2,1-2H3. The lowest BCUT2D eigenvalue weighted by molar-refractivity contribution is 0.523. The van der Waals surface area contributed by atoms with Crippen LogP contribution in [0.2, 0.25) is 0 Å². The van der Waals surface area contributed by atoms with E-state index < -0.39 is 10.0 Å². The molecule has 1 saturated heterocycles. The van der Waals surface area contributed by atoms with Gasteiger partial charge in [-0.25, -0.2) is 13.1 Å². The van der Waals surface area contributed by atoms with Crippen LogP contribution in [0.5, 0.6) is 0 Å². The molecule has 1 aliphatic heterocycles. The Morgan fingerprint density at radius 1 is 1.38 bits per heavy atom. The zero-order valence-electron chi connectivity index (χ0n) is 12.7. The second kappa shape index (κ2) is 7.24. The molecule has 3 N–H and O–H groups in total. The third-order valence-electron chi connectivity index (χ3n) is 3.71. The average Bonchev–Trinajstić information content (AvgIpc) is 2.91. The van der Waals surface area contributed by atoms with Crippen LogP contribution in [0, 0.1) is 0 Å². The summed E-state index contributed by atoms with van der Waals surface area (Å²) < 4.78 is 27.0. The average molecular weight is 311 g/mol. The molecular formula is C15H25N3O2S. The molecule has 0 saturated carbocycles. The van der Waals surface area contributed by atoms with Crippen LogP contribution in [0.1, 0.15) is 33.1 Å². The lowest BCUT2D eigenvalue weighted by atomic mass is 10.1. The normalized spacial score (nSPS) is 20.4. The molecule has 1 fully saturated rings. The van der Waals surface area contributed by atoms with Gasteiger partial charge in [-0.1, -0.05) is 19.1 Å². The van der Waals surface area contributed by atoms with Crippen LogP contribution in [0.25, 0.3) is 0 Å². The van der Waals surface area contributed by atoms with E-state index in [-0.39, 0.29) is 6.04 Å². The number of hydrogen-bond acceptors (Lipinski definition) is 4. The highest BCUT2D eigenvalue weighted by Gasteiger charge is 2.20. The highest BCUT2D eigenvalue weighted by Crippen LogP contribution is 2.22. The van der Waals surface area contributed by atoms with E-state index in [4.69, 9.17) is 0 Å². The molecule has 6 heteroatoms. The van der Waals surface area contributed by atoms with Crippen molar-refractivity contribution >= 4 is 15.7 Å². The Kier molecular flexibility index (Phi) is 5.61. The van der Waals surface area contributed by atoms with Crippen molar-refractivity contribution in [3.8, 4) is 0 Å². The first-order valence-corrected chi connectivity index (χ1v) is 9.10. The molecule has 5 nitrogen and oxygen atoms in total. The van der Waals surface area contributed by atoms with Crippen LogP contribution >= 0.6 is 0 Å². The van der Waals surface area contributed by atoms with E-state index in [1.54, 1.807) is 19.1 Å². The number of anilines is 1. The third-order valence-corrected chi connectivity index (χ3v) is 5.32. The molecule has 1 heterocycles. The van der Waals surface area contributed by atoms with Gasteiger partial charge in [0.25, 0.3) is 0 Å². The quantitative estimate of drug-likeness (QED) is 0.719. The Morgan fingerprint density at radius 3 is 2.81 bits per heavy atom. The summed E-state index contributed by atoms with van der Waals surface area (Å²) in [6.45, 7) is 5.35. The van der Waals surface area contributed by atoms with E-state index in [0.717, 1.165) is 13.0 Å². The molecule has 0 aromatic heterocycles. The van der Waals surface area contributed by atoms with Gasteiger partial charge in [0.05, 0.1) is 5.69 Å². The van der Waals surface area contributed by atoms with Gasteiger partial charge >= 0.3 is 0 Å². The highest BCUT2D eigenvalue weighted by atomic mass is 32.2. The Hall–Kier alpha value is -1.11. The zero-order valence-corrected chi connectivity index (χ0v) is 13.5. The summed E-state index contributed by atoms with van der Waals surface area (Å²) in [4.78, 5) is 0.318. The van der Waals surface area contributed by atoms with Gasteiger partial charge in [0.2, 0.25) is 10.0 Å². The fraction of sp³-hybridized carbons (Fsp3) is 0.600. The summed E-state index contributed by atoms with van der Waals surface area (Å²) >= 11 is 0. The second-order valence-corrected chi connectivity index (χ2v) is 7.31. The lowest BCUT2D eigenvalue weighted by Crippen LogP contribution is -2.30. The van der Waals surface area contributed by atoms with Gasteiger partial charge in [-0.05, 0) is 44.9 Å². The van der Waals surface area contributed by atoms with Crippen molar-refractivity contribution in [2.24, 2.45) is 0 Å². The SMILES string of the molecule is CCNS(=O)(=O)c1ccccc1NC(C)CC1CCCN1. The molecule has 1 aliphatic rings. The maximum atomic E-state index is 12.2. The predicted molar refractivity (Wildman–Crippen MR) is 86.0 cm³/mol. The third kappa shape index (κ3) is 4.43. The number of para-hydroxylation sites is 1. The lowest BCUT2D eigenvalue weighted by Gasteiger charge is -2.21. The van der Waals surface area contributed by atoms with Crippen LogP contribution < -0.4 is 15.4 Å². The van der Waals surface area contributed by atoms with Crippen molar-refractivity contribution < 1.29 is 8.42 Å². The Balaban J connectivity index is 2.09. The van der Waals surface area contributed by atoms with Gasteiger partial charge in [-0.15, -0.1) is 0 Å². The van der Waals surface area contributed by atoms with Crippen LogP contribution in [-0.4, -0.2) is 33.6 Å². The Labute approximate surface area is 127 Å². The van der Waals surface area contributed by atoms with Crippen molar-refractivity contribution in [2.75, 3.05) is 18.4 Å². The van der Waals surface area contributed by atoms with Crippen molar-refractivity contribution in [3.05, 3.63) is 24.3 Å². The first-order valence-electron chi connectivity index (χ1n) is 7.61. The summed E-state index contributed by atoms with van der Waals surface area (Å²) in [5, 5.41) is 6.81. The van der Waals surface area contributed by atoms with Crippen molar-refractivity contribution in [3.63, 3.8) is 0 Å². The van der Waals surface area contributed by atoms with E-state index >= 15 is 0 Å². The molecule has 0 spiro atoms. The molecular weight excluding hydrogens is 286 g/mol. The minimum atomic E-state index is -3.44. The minimum absolute atomic E-state index is 0.221. The molecule has 118 valence electrons. The monoisotopic (exact) mass is 311 g/mol. The van der Waals surface area contributed by atoms with Gasteiger partial charge < -0.3 is 10.6 Å². The van der Waals surface area contributed by atoms with Crippen molar-refractivity contribution in [2.45, 2.75) is 50.1 Å². The van der Waals surface area contributed by atoms with Gasteiger partial charge in [-0.3, -0.25) is 0 Å². The smallest absolute Gasteiger partial charge is 0.242 e. The summed E-state index contributed by atoms with van der Waals surface area (Å²) in [6.07, 6.45) is 3.42. The van der Waals surface area contributed by atoms with E-state index in [2.05, 4.69) is 22.3 Å². The van der Waals surface area contributed by atoms with Gasteiger partial charge in [0, 0.05) is 18.6 Å². The Bertz CT molecular complexity index is 554. The van der Waals surface area contributed by atoms with Crippen LogP contribution in [-0.2, 0) is 10.0 Å². The number of hydrogen-bond donors (Lipinski definition) is 3. The Morgan fingerprint density at radius 2 is 2.14 bits per heavy atom. The number of nitrogens with one attached hydrogen (secondary N) is 3. The summed E-state index contributed by atoms with van der Waals surface area (Å²) in [5.41, 5.74) is 0.670. The molecule has 0 bridgehead atoms. The molecule has 0 radical (unpaired) electrons. The van der Waals surface area contributed by atoms with E-state index in [9.17, 15) is 8.42 Å². The molecule has 1 aromatic rings. The molecule has 2 rings (SSSR count). The van der Waals surface area contributed by atoms with Gasteiger partial charge in [-0.2, -0.15) is 0 Å². The predicted octanol–water partition coefficient (Wildman–Crippen LogP) is 1.93. The van der Waals surface area contributed by atoms with E-state index in [1.165, 1.54) is 12.8 Å². The second-order valence-electron chi connectivity index (χ2n) is 5.57. The summed E-state index contributed by atoms with van der Waals surface area (Å²) in [7, 11) is -3.44. The zero-order chi connectivity index (χ0) is 15.3. The minimum Gasteiger partial charge on any atom is -0.381 e. The first kappa shape index (κ1) is 16.3. The number of rotatable bonds is 7. The summed E-state index contributed by atoms with van der Waals surface area (Å²) in [5.74, 6) is 0. The maximum absolute atomic E-state index is 12.2. The molecule has 21 heavy (non-hydrogen) atoms.